The fourth-order valence-corrected chi connectivity index (χ4v) is 3.63. The zero-order chi connectivity index (χ0) is 16.3. The highest BCUT2D eigenvalue weighted by atomic mass is 32.2. The van der Waals surface area contributed by atoms with Crippen LogP contribution in [-0.2, 0) is 16.6 Å². The summed E-state index contributed by atoms with van der Waals surface area (Å²) in [4.78, 5) is 25.7. The van der Waals surface area contributed by atoms with E-state index in [0.717, 1.165) is 30.2 Å². The molecule has 5 nitrogen and oxygen atoms in total. The quantitative estimate of drug-likeness (QED) is 0.638. The Morgan fingerprint density at radius 2 is 2.27 bits per heavy atom. The van der Waals surface area contributed by atoms with Gasteiger partial charge in [0.1, 0.15) is 10.4 Å². The largest absolute Gasteiger partial charge is 0.480 e. The molecule has 1 saturated heterocycles. The Morgan fingerprint density at radius 1 is 1.55 bits per heavy atom. The third kappa shape index (κ3) is 3.59. The Kier molecular flexibility index (Phi) is 5.42. The predicted molar refractivity (Wildman–Crippen MR) is 91.4 cm³/mol. The minimum atomic E-state index is -1.01. The van der Waals surface area contributed by atoms with Crippen LogP contribution in [0.5, 0.6) is 0 Å². The number of hydrogen-bond donors (Lipinski definition) is 1. The molecule has 1 amide bonds. The van der Waals surface area contributed by atoms with E-state index >= 15 is 0 Å². The van der Waals surface area contributed by atoms with Crippen LogP contribution in [0, 0.1) is 0 Å². The van der Waals surface area contributed by atoms with Crippen molar-refractivity contribution in [2.45, 2.75) is 32.2 Å². The van der Waals surface area contributed by atoms with Crippen LogP contribution in [-0.4, -0.2) is 36.8 Å². The number of carbonyl (C=O) groups is 2. The molecule has 1 aliphatic rings. The number of thiocarbonyl (C=S) groups is 1. The number of rotatable bonds is 6. The molecule has 22 heavy (non-hydrogen) atoms. The minimum absolute atomic E-state index is 0.315. The highest BCUT2D eigenvalue weighted by Crippen LogP contribution is 2.35. The zero-order valence-electron chi connectivity index (χ0n) is 12.5. The summed E-state index contributed by atoms with van der Waals surface area (Å²) in [5.74, 6) is -1.33. The van der Waals surface area contributed by atoms with Crippen LogP contribution in [0.2, 0.25) is 0 Å². The number of unbranched alkanes of at least 4 members (excludes halogenated alkanes) is 1. The van der Waals surface area contributed by atoms with E-state index in [0.29, 0.717) is 15.6 Å². The summed E-state index contributed by atoms with van der Waals surface area (Å²) < 4.78 is 2.20. The molecular weight excluding hydrogens is 320 g/mol. The van der Waals surface area contributed by atoms with Gasteiger partial charge >= 0.3 is 5.97 Å². The van der Waals surface area contributed by atoms with Crippen LogP contribution >= 0.6 is 24.0 Å². The van der Waals surface area contributed by atoms with E-state index in [2.05, 4.69) is 0 Å². The summed E-state index contributed by atoms with van der Waals surface area (Å²) in [7, 11) is 1.90. The van der Waals surface area contributed by atoms with Gasteiger partial charge in [0.05, 0.1) is 4.91 Å². The lowest BCUT2D eigenvalue weighted by Crippen LogP contribution is -2.43. The molecule has 118 valence electrons. The smallest absolute Gasteiger partial charge is 0.326 e. The van der Waals surface area contributed by atoms with E-state index in [1.165, 1.54) is 4.90 Å². The standard InChI is InChI=1S/C15H18N2O3S2/c1-3-4-5-11(14(19)20)17-13(18)12(22-15(17)21)8-10-6-7-16(2)9-10/h6-9,11H,3-5H2,1-2H3,(H,19,20). The van der Waals surface area contributed by atoms with Gasteiger partial charge < -0.3 is 9.67 Å². The van der Waals surface area contributed by atoms with Crippen molar-refractivity contribution in [1.82, 2.24) is 9.47 Å². The van der Waals surface area contributed by atoms with Gasteiger partial charge in [-0.1, -0.05) is 43.7 Å². The maximum Gasteiger partial charge on any atom is 0.326 e. The summed E-state index contributed by atoms with van der Waals surface area (Å²) in [6, 6.07) is 1.01. The minimum Gasteiger partial charge on any atom is -0.480 e. The van der Waals surface area contributed by atoms with Crippen molar-refractivity contribution in [3.05, 3.63) is 28.9 Å². The number of amides is 1. The fraction of sp³-hybridized carbons (Fsp3) is 0.400. The molecule has 1 aliphatic heterocycles. The molecule has 1 fully saturated rings. The van der Waals surface area contributed by atoms with Crippen molar-refractivity contribution in [1.29, 1.82) is 0 Å². The SMILES string of the molecule is CCCCC(C(=O)O)N1C(=O)C(=Cc2ccn(C)c2)SC1=S. The second-order valence-corrected chi connectivity index (χ2v) is 6.83. The van der Waals surface area contributed by atoms with Crippen molar-refractivity contribution < 1.29 is 14.7 Å². The second kappa shape index (κ2) is 7.11. The van der Waals surface area contributed by atoms with Crippen LogP contribution < -0.4 is 0 Å². The van der Waals surface area contributed by atoms with Crippen molar-refractivity contribution in [3.8, 4) is 0 Å². The van der Waals surface area contributed by atoms with E-state index in [9.17, 15) is 14.7 Å². The maximum absolute atomic E-state index is 12.5. The average molecular weight is 338 g/mol. The molecule has 2 heterocycles. The van der Waals surface area contributed by atoms with Crippen LogP contribution in [0.15, 0.2) is 23.4 Å². The first kappa shape index (κ1) is 16.8. The van der Waals surface area contributed by atoms with Crippen molar-refractivity contribution in [3.63, 3.8) is 0 Å². The lowest BCUT2D eigenvalue weighted by molar-refractivity contribution is -0.145. The Labute approximate surface area is 139 Å². The number of aryl methyl sites for hydroxylation is 1. The molecule has 1 aromatic rings. The van der Waals surface area contributed by atoms with Crippen molar-refractivity contribution in [2.24, 2.45) is 7.05 Å². The topological polar surface area (TPSA) is 62.5 Å². The first-order valence-electron chi connectivity index (χ1n) is 7.06. The molecule has 0 aliphatic carbocycles. The normalized spacial score (nSPS) is 18.3. The number of nitrogens with zero attached hydrogens (tertiary/aromatic N) is 2. The lowest BCUT2D eigenvalue weighted by Gasteiger charge is -2.22. The van der Waals surface area contributed by atoms with E-state index in [1.807, 2.05) is 37.0 Å². The molecule has 7 heteroatoms. The number of carbonyl (C=O) groups excluding carboxylic acids is 1. The first-order valence-corrected chi connectivity index (χ1v) is 8.28. The number of carboxylic acid groups (broad SMARTS) is 1. The molecule has 0 radical (unpaired) electrons. The first-order chi connectivity index (χ1) is 10.4. The van der Waals surface area contributed by atoms with Crippen LogP contribution in [0.25, 0.3) is 6.08 Å². The van der Waals surface area contributed by atoms with Gasteiger partial charge in [0.25, 0.3) is 5.91 Å². The molecule has 2 rings (SSSR count). The summed E-state index contributed by atoms with van der Waals surface area (Å²) in [6.07, 6.45) is 7.55. The predicted octanol–water partition coefficient (Wildman–Crippen LogP) is 2.87. The van der Waals surface area contributed by atoms with Gasteiger partial charge in [0.15, 0.2) is 0 Å². The number of hydrogen-bond acceptors (Lipinski definition) is 4. The Bertz CT molecular complexity index is 636. The second-order valence-electron chi connectivity index (χ2n) is 5.16. The monoisotopic (exact) mass is 338 g/mol. The Morgan fingerprint density at radius 3 is 2.82 bits per heavy atom. The number of thioether (sulfide) groups is 1. The van der Waals surface area contributed by atoms with Gasteiger partial charge in [-0.25, -0.2) is 4.79 Å². The Hall–Kier alpha value is -1.60. The van der Waals surface area contributed by atoms with Gasteiger partial charge in [0, 0.05) is 19.4 Å². The molecule has 0 saturated carbocycles. The van der Waals surface area contributed by atoms with E-state index < -0.39 is 12.0 Å². The molecule has 1 atom stereocenters. The zero-order valence-corrected chi connectivity index (χ0v) is 14.1. The molecule has 1 aromatic heterocycles. The van der Waals surface area contributed by atoms with Gasteiger partial charge in [-0.2, -0.15) is 0 Å². The molecule has 1 unspecified atom stereocenters. The summed E-state index contributed by atoms with van der Waals surface area (Å²) >= 11 is 6.38. The van der Waals surface area contributed by atoms with Gasteiger partial charge in [0.2, 0.25) is 0 Å². The third-order valence-electron chi connectivity index (χ3n) is 3.40. The van der Waals surface area contributed by atoms with Gasteiger partial charge in [-0.05, 0) is 24.1 Å². The van der Waals surface area contributed by atoms with E-state index in [4.69, 9.17) is 12.2 Å². The number of aliphatic carboxylic acids is 1. The van der Waals surface area contributed by atoms with Crippen LogP contribution in [0.3, 0.4) is 0 Å². The summed E-state index contributed by atoms with van der Waals surface area (Å²) in [6.45, 7) is 1.98. The van der Waals surface area contributed by atoms with Crippen molar-refractivity contribution >= 4 is 46.3 Å². The molecule has 0 aromatic carbocycles. The van der Waals surface area contributed by atoms with Crippen LogP contribution in [0.4, 0.5) is 0 Å². The number of aromatic nitrogens is 1. The molecule has 1 N–H and O–H groups in total. The van der Waals surface area contributed by atoms with Crippen molar-refractivity contribution in [2.75, 3.05) is 0 Å². The van der Waals surface area contributed by atoms with E-state index in [-0.39, 0.29) is 5.91 Å². The Balaban J connectivity index is 2.23. The highest BCUT2D eigenvalue weighted by molar-refractivity contribution is 8.26. The van der Waals surface area contributed by atoms with Gasteiger partial charge in [-0.3, -0.25) is 9.69 Å². The lowest BCUT2D eigenvalue weighted by atomic mass is 10.1. The summed E-state index contributed by atoms with van der Waals surface area (Å²) in [5.41, 5.74) is 0.892. The third-order valence-corrected chi connectivity index (χ3v) is 4.73. The van der Waals surface area contributed by atoms with Crippen LogP contribution in [0.1, 0.15) is 31.7 Å². The molecule has 0 bridgehead atoms. The van der Waals surface area contributed by atoms with E-state index in [1.54, 1.807) is 6.08 Å². The van der Waals surface area contributed by atoms with Gasteiger partial charge in [-0.15, -0.1) is 0 Å². The summed E-state index contributed by atoms with van der Waals surface area (Å²) in [5, 5.41) is 9.39. The maximum atomic E-state index is 12.5. The molecular formula is C15H18N2O3S2. The highest BCUT2D eigenvalue weighted by Gasteiger charge is 2.40. The molecule has 0 spiro atoms. The average Bonchev–Trinajstić information content (AvgIpc) is 2.97. The fourth-order valence-electron chi connectivity index (χ4n) is 2.27. The number of carboxylic acids is 1.